The Morgan fingerprint density at radius 2 is 1.75 bits per heavy atom. The van der Waals surface area contributed by atoms with Crippen LogP contribution in [-0.4, -0.2) is 25.6 Å². The molecule has 2 rings (SSSR count). The first kappa shape index (κ1) is 17.9. The van der Waals surface area contributed by atoms with Crippen LogP contribution in [0.15, 0.2) is 54.6 Å². The summed E-state index contributed by atoms with van der Waals surface area (Å²) in [6.07, 6.45) is 2.39. The van der Waals surface area contributed by atoms with E-state index >= 15 is 0 Å². The van der Waals surface area contributed by atoms with E-state index in [1.165, 1.54) is 5.56 Å². The monoisotopic (exact) mass is 326 g/mol. The minimum Gasteiger partial charge on any atom is -0.492 e. The quantitative estimate of drug-likeness (QED) is 0.656. The molecule has 0 unspecified atom stereocenters. The summed E-state index contributed by atoms with van der Waals surface area (Å²) in [6, 6.07) is 18.1. The van der Waals surface area contributed by atoms with Gasteiger partial charge in [-0.2, -0.15) is 0 Å². The van der Waals surface area contributed by atoms with Crippen molar-refractivity contribution in [3.8, 4) is 5.75 Å². The number of benzene rings is 2. The Morgan fingerprint density at radius 3 is 2.54 bits per heavy atom. The van der Waals surface area contributed by atoms with Crippen molar-refractivity contribution >= 4 is 11.6 Å². The van der Waals surface area contributed by atoms with Crippen molar-refractivity contribution in [1.82, 2.24) is 5.32 Å². The van der Waals surface area contributed by atoms with Gasteiger partial charge in [0.15, 0.2) is 0 Å². The number of hydrogen-bond donors (Lipinski definition) is 2. The van der Waals surface area contributed by atoms with Gasteiger partial charge in [0.1, 0.15) is 5.75 Å². The van der Waals surface area contributed by atoms with Gasteiger partial charge in [0.05, 0.1) is 12.3 Å². The number of anilines is 1. The highest BCUT2D eigenvalue weighted by molar-refractivity contribution is 5.76. The first-order valence-corrected chi connectivity index (χ1v) is 8.56. The highest BCUT2D eigenvalue weighted by Crippen LogP contribution is 2.23. The highest BCUT2D eigenvalue weighted by Gasteiger charge is 2.04. The van der Waals surface area contributed by atoms with E-state index in [1.54, 1.807) is 0 Å². The van der Waals surface area contributed by atoms with E-state index in [9.17, 15) is 4.79 Å². The summed E-state index contributed by atoms with van der Waals surface area (Å²) < 4.78 is 5.55. The molecule has 2 aromatic rings. The van der Waals surface area contributed by atoms with Crippen molar-refractivity contribution in [1.29, 1.82) is 0 Å². The van der Waals surface area contributed by atoms with Crippen molar-refractivity contribution in [3.05, 3.63) is 60.2 Å². The zero-order valence-corrected chi connectivity index (χ0v) is 14.3. The van der Waals surface area contributed by atoms with E-state index in [-0.39, 0.29) is 5.91 Å². The van der Waals surface area contributed by atoms with Gasteiger partial charge in [-0.25, -0.2) is 0 Å². The van der Waals surface area contributed by atoms with Crippen molar-refractivity contribution < 1.29 is 9.53 Å². The smallest absolute Gasteiger partial charge is 0.221 e. The molecule has 24 heavy (non-hydrogen) atoms. The molecule has 4 nitrogen and oxygen atoms in total. The molecule has 4 heteroatoms. The van der Waals surface area contributed by atoms with Gasteiger partial charge < -0.3 is 15.4 Å². The molecule has 128 valence electrons. The number of nitrogens with one attached hydrogen (secondary N) is 2. The third-order valence-electron chi connectivity index (χ3n) is 3.66. The number of amides is 1. The fourth-order valence-electron chi connectivity index (χ4n) is 2.46. The Hall–Kier alpha value is -2.49. The Kier molecular flexibility index (Phi) is 7.68. The largest absolute Gasteiger partial charge is 0.492 e. The summed E-state index contributed by atoms with van der Waals surface area (Å²) in [6.45, 7) is 3.89. The van der Waals surface area contributed by atoms with Gasteiger partial charge in [0.25, 0.3) is 0 Å². The number of para-hydroxylation sites is 2. The Bertz CT molecular complexity index is 614. The maximum atomic E-state index is 11.9. The summed E-state index contributed by atoms with van der Waals surface area (Å²) in [7, 11) is 0. The molecule has 0 aliphatic heterocycles. The number of aryl methyl sites for hydroxylation is 1. The van der Waals surface area contributed by atoms with Crippen LogP contribution in [0, 0.1) is 0 Å². The van der Waals surface area contributed by atoms with Crippen LogP contribution >= 0.6 is 0 Å². The van der Waals surface area contributed by atoms with Crippen LogP contribution in [0.4, 0.5) is 5.69 Å². The van der Waals surface area contributed by atoms with Crippen LogP contribution in [0.25, 0.3) is 0 Å². The Balaban J connectivity index is 1.61. The molecule has 0 aliphatic carbocycles. The molecular weight excluding hydrogens is 300 g/mol. The molecule has 0 radical (unpaired) electrons. The van der Waals surface area contributed by atoms with Crippen molar-refractivity contribution in [2.45, 2.75) is 26.2 Å². The van der Waals surface area contributed by atoms with Crippen LogP contribution in [0.3, 0.4) is 0 Å². The van der Waals surface area contributed by atoms with E-state index in [0.29, 0.717) is 26.1 Å². The van der Waals surface area contributed by atoms with Crippen molar-refractivity contribution in [2.24, 2.45) is 0 Å². The van der Waals surface area contributed by atoms with Crippen LogP contribution < -0.4 is 15.4 Å². The molecule has 0 bridgehead atoms. The topological polar surface area (TPSA) is 50.4 Å². The molecule has 0 heterocycles. The Morgan fingerprint density at radius 1 is 1.00 bits per heavy atom. The van der Waals surface area contributed by atoms with E-state index in [1.807, 2.05) is 49.4 Å². The van der Waals surface area contributed by atoms with Gasteiger partial charge in [-0.1, -0.05) is 42.5 Å². The van der Waals surface area contributed by atoms with Gasteiger partial charge in [0.2, 0.25) is 5.91 Å². The lowest BCUT2D eigenvalue weighted by atomic mass is 10.1. The molecule has 0 atom stereocenters. The minimum atomic E-state index is 0.0736. The molecule has 0 spiro atoms. The number of rotatable bonds is 10. The molecule has 2 aromatic carbocycles. The third-order valence-corrected chi connectivity index (χ3v) is 3.66. The maximum Gasteiger partial charge on any atom is 0.221 e. The van der Waals surface area contributed by atoms with E-state index < -0.39 is 0 Å². The fraction of sp³-hybridized carbons (Fsp3) is 0.350. The molecule has 0 saturated heterocycles. The molecule has 1 amide bonds. The second-order valence-electron chi connectivity index (χ2n) is 5.55. The number of ether oxygens (including phenoxy) is 1. The lowest BCUT2D eigenvalue weighted by molar-refractivity contribution is -0.120. The summed E-state index contributed by atoms with van der Waals surface area (Å²) in [5, 5.41) is 6.23. The van der Waals surface area contributed by atoms with Crippen molar-refractivity contribution in [2.75, 3.05) is 25.0 Å². The molecule has 0 aromatic heterocycles. The first-order chi connectivity index (χ1) is 11.8. The van der Waals surface area contributed by atoms with E-state index in [0.717, 1.165) is 24.3 Å². The van der Waals surface area contributed by atoms with Crippen LogP contribution in [0.2, 0.25) is 0 Å². The summed E-state index contributed by atoms with van der Waals surface area (Å²) >= 11 is 0. The first-order valence-electron chi connectivity index (χ1n) is 8.56. The normalized spacial score (nSPS) is 10.2. The molecule has 2 N–H and O–H groups in total. The standard InChI is InChI=1S/C20H26N2O2/c1-2-24-19-13-7-6-12-18(19)21-16-14-20(23)22-15-8-11-17-9-4-3-5-10-17/h3-7,9-10,12-13,21H,2,8,11,14-16H2,1H3,(H,22,23). The Labute approximate surface area is 144 Å². The number of hydrogen-bond acceptors (Lipinski definition) is 3. The van der Waals surface area contributed by atoms with Gasteiger partial charge in [-0.05, 0) is 37.5 Å². The van der Waals surface area contributed by atoms with E-state index in [4.69, 9.17) is 4.74 Å². The lowest BCUT2D eigenvalue weighted by Crippen LogP contribution is -2.26. The van der Waals surface area contributed by atoms with Gasteiger partial charge in [-0.3, -0.25) is 4.79 Å². The average Bonchev–Trinajstić information content (AvgIpc) is 2.61. The second kappa shape index (κ2) is 10.3. The van der Waals surface area contributed by atoms with Gasteiger partial charge in [0, 0.05) is 19.5 Å². The predicted octanol–water partition coefficient (Wildman–Crippen LogP) is 3.64. The lowest BCUT2D eigenvalue weighted by Gasteiger charge is -2.12. The second-order valence-corrected chi connectivity index (χ2v) is 5.55. The average molecular weight is 326 g/mol. The minimum absolute atomic E-state index is 0.0736. The van der Waals surface area contributed by atoms with Gasteiger partial charge >= 0.3 is 0 Å². The molecular formula is C20H26N2O2. The molecule has 0 saturated carbocycles. The third kappa shape index (κ3) is 6.32. The SMILES string of the molecule is CCOc1ccccc1NCCC(=O)NCCCc1ccccc1. The van der Waals surface area contributed by atoms with Crippen LogP contribution in [-0.2, 0) is 11.2 Å². The summed E-state index contributed by atoms with van der Waals surface area (Å²) in [5.41, 5.74) is 2.23. The fourth-order valence-corrected chi connectivity index (χ4v) is 2.46. The predicted molar refractivity (Wildman–Crippen MR) is 98.5 cm³/mol. The number of carbonyl (C=O) groups is 1. The van der Waals surface area contributed by atoms with Crippen LogP contribution in [0.5, 0.6) is 5.75 Å². The molecule has 0 fully saturated rings. The number of carbonyl (C=O) groups excluding carboxylic acids is 1. The van der Waals surface area contributed by atoms with Crippen LogP contribution in [0.1, 0.15) is 25.3 Å². The maximum absolute atomic E-state index is 11.9. The zero-order valence-electron chi connectivity index (χ0n) is 14.3. The summed E-state index contributed by atoms with van der Waals surface area (Å²) in [5.74, 6) is 0.896. The molecule has 0 aliphatic rings. The van der Waals surface area contributed by atoms with Crippen molar-refractivity contribution in [3.63, 3.8) is 0 Å². The van der Waals surface area contributed by atoms with E-state index in [2.05, 4.69) is 22.8 Å². The van der Waals surface area contributed by atoms with Gasteiger partial charge in [-0.15, -0.1) is 0 Å². The zero-order chi connectivity index (χ0) is 17.0. The highest BCUT2D eigenvalue weighted by atomic mass is 16.5. The summed E-state index contributed by atoms with van der Waals surface area (Å²) in [4.78, 5) is 11.9.